The Morgan fingerprint density at radius 2 is 1.37 bits per heavy atom. The Labute approximate surface area is 156 Å². The third kappa shape index (κ3) is 1.65. The largest absolute Gasteiger partial charge is 0.456 e. The second kappa shape index (κ2) is 4.69. The Balaban J connectivity index is 1.56. The molecule has 5 aromatic rings. The molecule has 0 radical (unpaired) electrons. The summed E-state index contributed by atoms with van der Waals surface area (Å²) in [6, 6.07) is 26.3. The van der Waals surface area contributed by atoms with Crippen LogP contribution in [0.4, 0.5) is 0 Å². The van der Waals surface area contributed by atoms with Crippen LogP contribution < -0.4 is 0 Å². The van der Waals surface area contributed by atoms with Crippen molar-refractivity contribution in [3.05, 3.63) is 95.1 Å². The molecule has 7 rings (SSSR count). The lowest BCUT2D eigenvalue weighted by molar-refractivity contribution is 0.669. The van der Waals surface area contributed by atoms with Crippen molar-refractivity contribution >= 4 is 21.9 Å². The summed E-state index contributed by atoms with van der Waals surface area (Å²) in [6.07, 6.45) is 2.04. The van der Waals surface area contributed by atoms with Crippen molar-refractivity contribution in [2.75, 3.05) is 0 Å². The summed E-state index contributed by atoms with van der Waals surface area (Å²) >= 11 is 0. The molecule has 0 spiro atoms. The molecule has 0 aliphatic heterocycles. The topological polar surface area (TPSA) is 13.1 Å². The van der Waals surface area contributed by atoms with Gasteiger partial charge in [-0.1, -0.05) is 60.7 Å². The quantitative estimate of drug-likeness (QED) is 0.297. The van der Waals surface area contributed by atoms with Gasteiger partial charge in [0.1, 0.15) is 11.2 Å². The first-order chi connectivity index (χ1) is 13.4. The van der Waals surface area contributed by atoms with Crippen LogP contribution in [0.2, 0.25) is 0 Å². The van der Waals surface area contributed by atoms with Gasteiger partial charge in [-0.25, -0.2) is 0 Å². The molecule has 27 heavy (non-hydrogen) atoms. The summed E-state index contributed by atoms with van der Waals surface area (Å²) in [5.41, 5.74) is 13.5. The van der Waals surface area contributed by atoms with Crippen LogP contribution in [0, 0.1) is 0 Å². The fourth-order valence-corrected chi connectivity index (χ4v) is 5.24. The summed E-state index contributed by atoms with van der Waals surface area (Å²) in [6.45, 7) is 0. The van der Waals surface area contributed by atoms with E-state index in [1.54, 1.807) is 0 Å². The SMILES string of the molecule is c1ccc2c(c1)Cc1ccc3c(c1-2)Cc1c-3ccc2oc3ccccc3c12. The van der Waals surface area contributed by atoms with Gasteiger partial charge in [0, 0.05) is 17.2 Å². The average molecular weight is 344 g/mol. The van der Waals surface area contributed by atoms with Gasteiger partial charge in [0.05, 0.1) is 0 Å². The first kappa shape index (κ1) is 13.8. The minimum absolute atomic E-state index is 0.979. The fourth-order valence-electron chi connectivity index (χ4n) is 5.24. The van der Waals surface area contributed by atoms with Gasteiger partial charge in [-0.2, -0.15) is 0 Å². The Morgan fingerprint density at radius 1 is 0.556 bits per heavy atom. The molecule has 0 saturated carbocycles. The lowest BCUT2D eigenvalue weighted by Crippen LogP contribution is -1.89. The van der Waals surface area contributed by atoms with Crippen LogP contribution in [0.3, 0.4) is 0 Å². The monoisotopic (exact) mass is 344 g/mol. The van der Waals surface area contributed by atoms with E-state index >= 15 is 0 Å². The minimum atomic E-state index is 0.979. The smallest absolute Gasteiger partial charge is 0.135 e. The standard InChI is InChI=1S/C26H16O/c1-2-6-17-15(5-1)13-16-9-10-18-19-11-12-24-26(22(19)14-21(18)25(16)17)20-7-3-4-8-23(20)27-24/h1-12H,13-14H2. The molecule has 1 heterocycles. The lowest BCUT2D eigenvalue weighted by atomic mass is 9.95. The molecule has 2 aliphatic rings. The highest BCUT2D eigenvalue weighted by Crippen LogP contribution is 2.50. The van der Waals surface area contributed by atoms with Gasteiger partial charge in [-0.3, -0.25) is 0 Å². The van der Waals surface area contributed by atoms with E-state index in [9.17, 15) is 0 Å². The zero-order valence-electron chi connectivity index (χ0n) is 14.8. The predicted molar refractivity (Wildman–Crippen MR) is 110 cm³/mol. The molecule has 0 atom stereocenters. The molecule has 2 aliphatic carbocycles. The number of hydrogen-bond acceptors (Lipinski definition) is 1. The van der Waals surface area contributed by atoms with Crippen molar-refractivity contribution in [2.24, 2.45) is 0 Å². The molecule has 0 amide bonds. The summed E-state index contributed by atoms with van der Waals surface area (Å²) in [5.74, 6) is 0. The van der Waals surface area contributed by atoms with E-state index in [0.29, 0.717) is 0 Å². The highest BCUT2D eigenvalue weighted by atomic mass is 16.3. The van der Waals surface area contributed by atoms with Gasteiger partial charge in [0.25, 0.3) is 0 Å². The maximum Gasteiger partial charge on any atom is 0.135 e. The third-order valence-electron chi connectivity index (χ3n) is 6.36. The van der Waals surface area contributed by atoms with Gasteiger partial charge in [-0.15, -0.1) is 0 Å². The van der Waals surface area contributed by atoms with E-state index in [1.807, 2.05) is 6.07 Å². The number of benzene rings is 4. The molecule has 0 saturated heterocycles. The van der Waals surface area contributed by atoms with Crippen molar-refractivity contribution in [3.8, 4) is 22.3 Å². The Kier molecular flexibility index (Phi) is 2.40. The molecule has 0 bridgehead atoms. The van der Waals surface area contributed by atoms with E-state index in [2.05, 4.69) is 66.7 Å². The van der Waals surface area contributed by atoms with Crippen LogP contribution >= 0.6 is 0 Å². The number of rotatable bonds is 0. The zero-order valence-corrected chi connectivity index (χ0v) is 14.8. The average Bonchev–Trinajstić information content (AvgIpc) is 3.37. The lowest BCUT2D eigenvalue weighted by Gasteiger charge is -2.08. The van der Waals surface area contributed by atoms with Gasteiger partial charge >= 0.3 is 0 Å². The third-order valence-corrected chi connectivity index (χ3v) is 6.36. The predicted octanol–water partition coefficient (Wildman–Crippen LogP) is 6.73. The molecule has 0 fully saturated rings. The normalized spacial score (nSPS) is 13.6. The van der Waals surface area contributed by atoms with Crippen LogP contribution in [-0.2, 0) is 12.8 Å². The summed E-state index contributed by atoms with van der Waals surface area (Å²) < 4.78 is 6.13. The van der Waals surface area contributed by atoms with E-state index in [0.717, 1.165) is 24.0 Å². The summed E-state index contributed by atoms with van der Waals surface area (Å²) in [5, 5.41) is 2.52. The molecular formula is C26H16O. The van der Waals surface area contributed by atoms with Crippen molar-refractivity contribution in [2.45, 2.75) is 12.8 Å². The molecular weight excluding hydrogens is 328 g/mol. The molecule has 0 unspecified atom stereocenters. The molecule has 1 aromatic heterocycles. The molecule has 1 heteroatoms. The number of fused-ring (bicyclic) bond motifs is 11. The van der Waals surface area contributed by atoms with Gasteiger partial charge in [-0.05, 0) is 63.1 Å². The van der Waals surface area contributed by atoms with E-state index in [-0.39, 0.29) is 0 Å². The number of hydrogen-bond donors (Lipinski definition) is 0. The highest BCUT2D eigenvalue weighted by Gasteiger charge is 2.29. The van der Waals surface area contributed by atoms with Crippen LogP contribution in [0.15, 0.2) is 77.2 Å². The van der Waals surface area contributed by atoms with Gasteiger partial charge in [0.15, 0.2) is 0 Å². The van der Waals surface area contributed by atoms with Crippen LogP contribution in [0.25, 0.3) is 44.2 Å². The van der Waals surface area contributed by atoms with Crippen molar-refractivity contribution < 1.29 is 4.42 Å². The highest BCUT2D eigenvalue weighted by molar-refractivity contribution is 6.10. The molecule has 1 nitrogen and oxygen atoms in total. The van der Waals surface area contributed by atoms with E-state index < -0.39 is 0 Å². The maximum absolute atomic E-state index is 6.13. The zero-order chi connectivity index (χ0) is 17.5. The first-order valence-electron chi connectivity index (χ1n) is 9.55. The minimum Gasteiger partial charge on any atom is -0.456 e. The molecule has 0 N–H and O–H groups in total. The van der Waals surface area contributed by atoms with E-state index in [1.165, 1.54) is 55.3 Å². The second-order valence-corrected chi connectivity index (χ2v) is 7.70. The maximum atomic E-state index is 6.13. The first-order valence-corrected chi connectivity index (χ1v) is 9.55. The Hall–Kier alpha value is -3.32. The van der Waals surface area contributed by atoms with Gasteiger partial charge in [0.2, 0.25) is 0 Å². The number of furan rings is 1. The number of para-hydroxylation sites is 1. The molecule has 4 aromatic carbocycles. The van der Waals surface area contributed by atoms with Gasteiger partial charge < -0.3 is 4.42 Å². The Morgan fingerprint density at radius 3 is 2.37 bits per heavy atom. The van der Waals surface area contributed by atoms with E-state index in [4.69, 9.17) is 4.42 Å². The summed E-state index contributed by atoms with van der Waals surface area (Å²) in [4.78, 5) is 0. The van der Waals surface area contributed by atoms with Crippen LogP contribution in [-0.4, -0.2) is 0 Å². The van der Waals surface area contributed by atoms with Crippen LogP contribution in [0.1, 0.15) is 22.3 Å². The fraction of sp³-hybridized carbons (Fsp3) is 0.0769. The van der Waals surface area contributed by atoms with Crippen molar-refractivity contribution in [1.29, 1.82) is 0 Å². The van der Waals surface area contributed by atoms with Crippen molar-refractivity contribution in [3.63, 3.8) is 0 Å². The second-order valence-electron chi connectivity index (χ2n) is 7.70. The Bertz CT molecular complexity index is 1420. The van der Waals surface area contributed by atoms with Crippen molar-refractivity contribution in [1.82, 2.24) is 0 Å². The van der Waals surface area contributed by atoms with Crippen LogP contribution in [0.5, 0.6) is 0 Å². The molecule has 126 valence electrons. The summed E-state index contributed by atoms with van der Waals surface area (Å²) in [7, 11) is 0.